The molecule has 4 aromatic rings. The number of hydrogen-bond donors (Lipinski definition) is 1. The smallest absolute Gasteiger partial charge is 0.331 e. The minimum absolute atomic E-state index is 0.0379. The number of carbonyl (C=O) groups is 1. The molecular weight excluding hydrogens is 470 g/mol. The highest BCUT2D eigenvalue weighted by Crippen LogP contribution is 2.30. The highest BCUT2D eigenvalue weighted by molar-refractivity contribution is 5.85. The van der Waals surface area contributed by atoms with Gasteiger partial charge in [-0.25, -0.2) is 9.48 Å². The third kappa shape index (κ3) is 5.04. The zero-order valence-electron chi connectivity index (χ0n) is 21.3. The number of phenolic OH excluding ortho intramolecular Hbond substituents is 1. The molecule has 0 saturated carbocycles. The molecule has 1 fully saturated rings. The number of aromatic hydroxyl groups is 1. The van der Waals surface area contributed by atoms with E-state index >= 15 is 0 Å². The first-order valence-corrected chi connectivity index (χ1v) is 12.6. The standard InChI is InChI=1S/C27H31N7O3/c1-4-37-27(36)26(18(2)3)34-17-25(30-31-34)33-13-11-32(12-14-33)20-10-9-19-15-23(29-28-22(19)16-20)21-7-5-6-8-24(21)35/h5-10,15-18,26,35H,4,11-14H2,1-3H3. The lowest BCUT2D eigenvalue weighted by Gasteiger charge is -2.36. The van der Waals surface area contributed by atoms with Gasteiger partial charge in [0.15, 0.2) is 11.9 Å². The van der Waals surface area contributed by atoms with Crippen LogP contribution in [0.3, 0.4) is 0 Å². The van der Waals surface area contributed by atoms with Crippen LogP contribution >= 0.6 is 0 Å². The van der Waals surface area contributed by atoms with E-state index in [1.54, 1.807) is 23.7 Å². The van der Waals surface area contributed by atoms with Crippen molar-refractivity contribution in [3.63, 3.8) is 0 Å². The van der Waals surface area contributed by atoms with Crippen molar-refractivity contribution in [1.82, 2.24) is 25.2 Å². The Hall–Kier alpha value is -4.21. The maximum Gasteiger partial charge on any atom is 0.331 e. The summed E-state index contributed by atoms with van der Waals surface area (Å²) in [6.45, 7) is 9.27. The van der Waals surface area contributed by atoms with Crippen molar-refractivity contribution in [2.75, 3.05) is 42.6 Å². The minimum Gasteiger partial charge on any atom is -0.507 e. The van der Waals surface area contributed by atoms with Crippen molar-refractivity contribution >= 4 is 28.4 Å². The maximum absolute atomic E-state index is 12.4. The molecule has 10 nitrogen and oxygen atoms in total. The Bertz CT molecular complexity index is 1400. The number of rotatable bonds is 7. The lowest BCUT2D eigenvalue weighted by atomic mass is 10.1. The van der Waals surface area contributed by atoms with Crippen molar-refractivity contribution in [3.8, 4) is 17.0 Å². The molecule has 5 rings (SSSR count). The topological polar surface area (TPSA) is 110 Å². The van der Waals surface area contributed by atoms with Gasteiger partial charge in [0.2, 0.25) is 0 Å². The van der Waals surface area contributed by atoms with Crippen LogP contribution in [0.1, 0.15) is 26.8 Å². The van der Waals surface area contributed by atoms with Gasteiger partial charge in [0.1, 0.15) is 5.75 Å². The highest BCUT2D eigenvalue weighted by atomic mass is 16.5. The van der Waals surface area contributed by atoms with Crippen LogP contribution in [0.25, 0.3) is 22.2 Å². The van der Waals surface area contributed by atoms with E-state index in [-0.39, 0.29) is 17.6 Å². The summed E-state index contributed by atoms with van der Waals surface area (Å²) in [5.74, 6) is 0.698. The largest absolute Gasteiger partial charge is 0.507 e. The van der Waals surface area contributed by atoms with Gasteiger partial charge in [-0.2, -0.15) is 0 Å². The first kappa shape index (κ1) is 24.5. The number of carbonyl (C=O) groups excluding carboxylic acids is 1. The monoisotopic (exact) mass is 501 g/mol. The number of ether oxygens (including phenoxy) is 1. The molecule has 1 aliphatic heterocycles. The highest BCUT2D eigenvalue weighted by Gasteiger charge is 2.28. The molecule has 1 saturated heterocycles. The summed E-state index contributed by atoms with van der Waals surface area (Å²) in [6.07, 6.45) is 1.84. The molecule has 0 amide bonds. The van der Waals surface area contributed by atoms with Crippen molar-refractivity contribution in [3.05, 3.63) is 54.7 Å². The van der Waals surface area contributed by atoms with E-state index in [9.17, 15) is 9.90 Å². The molecule has 2 aromatic carbocycles. The SMILES string of the molecule is CCOC(=O)C(C(C)C)n1cc(N2CCN(c3ccc4cc(-c5ccccc5O)nnc4c3)CC2)nn1. The third-order valence-corrected chi connectivity index (χ3v) is 6.66. The molecule has 37 heavy (non-hydrogen) atoms. The zero-order valence-corrected chi connectivity index (χ0v) is 21.3. The Morgan fingerprint density at radius 1 is 1.00 bits per heavy atom. The van der Waals surface area contributed by atoms with Gasteiger partial charge in [-0.15, -0.1) is 15.3 Å². The number of piperazine rings is 1. The Balaban J connectivity index is 1.27. The minimum atomic E-state index is -0.493. The van der Waals surface area contributed by atoms with Crippen LogP contribution in [0.5, 0.6) is 5.75 Å². The van der Waals surface area contributed by atoms with Gasteiger partial charge < -0.3 is 19.6 Å². The van der Waals surface area contributed by atoms with E-state index in [0.29, 0.717) is 17.9 Å². The number of benzene rings is 2. The van der Waals surface area contributed by atoms with Gasteiger partial charge in [-0.3, -0.25) is 0 Å². The van der Waals surface area contributed by atoms with Crippen LogP contribution in [0.2, 0.25) is 0 Å². The van der Waals surface area contributed by atoms with Crippen molar-refractivity contribution < 1.29 is 14.6 Å². The Morgan fingerprint density at radius 2 is 1.76 bits per heavy atom. The predicted molar refractivity (Wildman–Crippen MR) is 142 cm³/mol. The Morgan fingerprint density at radius 3 is 2.49 bits per heavy atom. The molecule has 192 valence electrons. The van der Waals surface area contributed by atoms with Crippen LogP contribution in [0.4, 0.5) is 11.5 Å². The van der Waals surface area contributed by atoms with E-state index < -0.39 is 6.04 Å². The number of fused-ring (bicyclic) bond motifs is 1. The molecule has 1 N–H and O–H groups in total. The number of para-hydroxylation sites is 1. The van der Waals surface area contributed by atoms with Gasteiger partial charge in [0, 0.05) is 42.8 Å². The third-order valence-electron chi connectivity index (χ3n) is 6.66. The Labute approximate surface area is 215 Å². The molecule has 2 aromatic heterocycles. The average molecular weight is 502 g/mol. The van der Waals surface area contributed by atoms with E-state index in [0.717, 1.165) is 48.6 Å². The van der Waals surface area contributed by atoms with Crippen LogP contribution < -0.4 is 9.80 Å². The van der Waals surface area contributed by atoms with Gasteiger partial charge in [-0.05, 0) is 43.2 Å². The summed E-state index contributed by atoms with van der Waals surface area (Å²) in [4.78, 5) is 16.9. The first-order valence-electron chi connectivity index (χ1n) is 12.6. The molecule has 0 bridgehead atoms. The van der Waals surface area contributed by atoms with Crippen LogP contribution in [0, 0.1) is 5.92 Å². The summed E-state index contributed by atoms with van der Waals surface area (Å²) < 4.78 is 6.85. The molecule has 10 heteroatoms. The number of hydrogen-bond acceptors (Lipinski definition) is 9. The van der Waals surface area contributed by atoms with Crippen LogP contribution in [-0.2, 0) is 9.53 Å². The fourth-order valence-corrected chi connectivity index (χ4v) is 4.70. The predicted octanol–water partition coefficient (Wildman–Crippen LogP) is 3.68. The second kappa shape index (κ2) is 10.4. The number of nitrogens with zero attached hydrogens (tertiary/aromatic N) is 7. The number of anilines is 2. The molecule has 0 spiro atoms. The Kier molecular flexibility index (Phi) is 6.89. The fourth-order valence-electron chi connectivity index (χ4n) is 4.70. The molecule has 1 atom stereocenters. The lowest BCUT2D eigenvalue weighted by Crippen LogP contribution is -2.46. The number of phenols is 1. The summed E-state index contributed by atoms with van der Waals surface area (Å²) in [7, 11) is 0. The molecule has 1 unspecified atom stereocenters. The normalized spacial score (nSPS) is 14.8. The summed E-state index contributed by atoms with van der Waals surface area (Å²) in [6, 6.07) is 14.8. The first-order chi connectivity index (χ1) is 17.9. The van der Waals surface area contributed by atoms with Crippen molar-refractivity contribution in [2.24, 2.45) is 5.92 Å². The van der Waals surface area contributed by atoms with Gasteiger partial charge in [0.25, 0.3) is 0 Å². The zero-order chi connectivity index (χ0) is 25.9. The quantitative estimate of drug-likeness (QED) is 0.379. The van der Waals surface area contributed by atoms with Gasteiger partial charge in [-0.1, -0.05) is 37.3 Å². The van der Waals surface area contributed by atoms with E-state index in [2.05, 4.69) is 42.4 Å². The molecule has 3 heterocycles. The van der Waals surface area contributed by atoms with E-state index in [1.807, 2.05) is 44.3 Å². The second-order valence-electron chi connectivity index (χ2n) is 9.46. The van der Waals surface area contributed by atoms with Crippen LogP contribution in [-0.4, -0.2) is 69.1 Å². The summed E-state index contributed by atoms with van der Waals surface area (Å²) >= 11 is 0. The summed E-state index contributed by atoms with van der Waals surface area (Å²) in [5, 5.41) is 28.5. The van der Waals surface area contributed by atoms with Gasteiger partial charge in [0.05, 0.1) is 24.0 Å². The summed E-state index contributed by atoms with van der Waals surface area (Å²) in [5.41, 5.74) is 3.20. The second-order valence-corrected chi connectivity index (χ2v) is 9.46. The van der Waals surface area contributed by atoms with Crippen molar-refractivity contribution in [2.45, 2.75) is 26.8 Å². The molecular formula is C27H31N7O3. The van der Waals surface area contributed by atoms with E-state index in [4.69, 9.17) is 4.74 Å². The average Bonchev–Trinajstić information content (AvgIpc) is 3.38. The number of aromatic nitrogens is 5. The van der Waals surface area contributed by atoms with Crippen molar-refractivity contribution in [1.29, 1.82) is 0 Å². The van der Waals surface area contributed by atoms with Gasteiger partial charge >= 0.3 is 5.97 Å². The molecule has 0 aliphatic carbocycles. The fraction of sp³-hybridized carbons (Fsp3) is 0.370. The van der Waals surface area contributed by atoms with E-state index in [1.165, 1.54) is 0 Å². The van der Waals surface area contributed by atoms with Crippen LogP contribution in [0.15, 0.2) is 54.7 Å². The lowest BCUT2D eigenvalue weighted by molar-refractivity contribution is -0.149. The maximum atomic E-state index is 12.4. The molecule has 0 radical (unpaired) electrons. The molecule has 1 aliphatic rings. The number of esters is 1.